The Labute approximate surface area is 151 Å². The minimum atomic E-state index is -1.08. The molecule has 2 saturated heterocycles. The number of rotatable bonds is 4. The van der Waals surface area contributed by atoms with Crippen LogP contribution in [0, 0.1) is 10.8 Å². The Morgan fingerprint density at radius 2 is 1.60 bits per heavy atom. The number of carbonyl (C=O) groups is 2. The molecule has 0 radical (unpaired) electrons. The summed E-state index contributed by atoms with van der Waals surface area (Å²) in [5, 5.41) is 19.8. The number of nitrogens with zero attached hydrogens (tertiary/aromatic N) is 2. The van der Waals surface area contributed by atoms with E-state index in [4.69, 9.17) is 11.6 Å². The molecule has 2 heterocycles. The minimum Gasteiger partial charge on any atom is -0.481 e. The lowest BCUT2D eigenvalue weighted by atomic mass is 9.97. The summed E-state index contributed by atoms with van der Waals surface area (Å²) in [4.78, 5) is 27.7. The van der Waals surface area contributed by atoms with Gasteiger partial charge >= 0.3 is 11.9 Å². The van der Waals surface area contributed by atoms with Crippen LogP contribution in [0.3, 0.4) is 0 Å². The molecular formula is C18H21ClN2O4. The predicted molar refractivity (Wildman–Crippen MR) is 93.0 cm³/mol. The molecule has 0 bridgehead atoms. The Balaban J connectivity index is 1.44. The Kier molecular flexibility index (Phi) is 3.74. The van der Waals surface area contributed by atoms with Crippen molar-refractivity contribution in [2.45, 2.75) is 25.3 Å². The molecule has 1 aliphatic carbocycles. The van der Waals surface area contributed by atoms with Gasteiger partial charge in [0.2, 0.25) is 0 Å². The highest BCUT2D eigenvalue weighted by Crippen LogP contribution is 2.69. The first-order chi connectivity index (χ1) is 11.9. The Morgan fingerprint density at radius 3 is 2.12 bits per heavy atom. The highest BCUT2D eigenvalue weighted by atomic mass is 35.5. The lowest BCUT2D eigenvalue weighted by Crippen LogP contribution is -2.46. The highest BCUT2D eigenvalue weighted by molar-refractivity contribution is 6.33. The molecule has 2 aliphatic heterocycles. The van der Waals surface area contributed by atoms with Crippen molar-refractivity contribution in [2.75, 3.05) is 31.1 Å². The molecule has 0 spiro atoms. The van der Waals surface area contributed by atoms with E-state index in [1.54, 1.807) is 0 Å². The topological polar surface area (TPSA) is 81.1 Å². The summed E-state index contributed by atoms with van der Waals surface area (Å²) in [6.07, 6.45) is 2.03. The van der Waals surface area contributed by atoms with Gasteiger partial charge in [-0.3, -0.25) is 14.5 Å². The second-order valence-corrected chi connectivity index (χ2v) is 7.93. The second-order valence-electron chi connectivity index (χ2n) is 7.53. The van der Waals surface area contributed by atoms with Crippen LogP contribution in [0.4, 0.5) is 5.69 Å². The number of para-hydroxylation sites is 1. The van der Waals surface area contributed by atoms with E-state index in [0.29, 0.717) is 13.1 Å². The zero-order chi connectivity index (χ0) is 17.8. The van der Waals surface area contributed by atoms with Crippen molar-refractivity contribution in [3.05, 3.63) is 29.3 Å². The first-order valence-electron chi connectivity index (χ1n) is 8.60. The van der Waals surface area contributed by atoms with Crippen molar-refractivity contribution in [3.63, 3.8) is 0 Å². The number of fused-ring (bicyclic) bond motifs is 1. The van der Waals surface area contributed by atoms with Crippen LogP contribution in [-0.4, -0.2) is 59.3 Å². The van der Waals surface area contributed by atoms with Gasteiger partial charge in [-0.25, -0.2) is 0 Å². The smallest absolute Gasteiger partial charge is 0.312 e. The third kappa shape index (κ3) is 2.34. The first-order valence-corrected chi connectivity index (χ1v) is 8.98. The van der Waals surface area contributed by atoms with Gasteiger partial charge in [-0.05, 0) is 31.4 Å². The second kappa shape index (κ2) is 5.61. The predicted octanol–water partition coefficient (Wildman–Crippen LogP) is 2.17. The molecule has 4 rings (SSSR count). The number of likely N-dealkylation sites (tertiary alicyclic amines) is 1. The van der Waals surface area contributed by atoms with E-state index in [1.165, 1.54) is 0 Å². The molecule has 6 nitrogen and oxygen atoms in total. The summed E-state index contributed by atoms with van der Waals surface area (Å²) in [6.45, 7) is 2.38. The van der Waals surface area contributed by atoms with Gasteiger partial charge < -0.3 is 15.1 Å². The maximum atomic E-state index is 11.7. The van der Waals surface area contributed by atoms with Crippen molar-refractivity contribution in [2.24, 2.45) is 10.8 Å². The molecule has 134 valence electrons. The van der Waals surface area contributed by atoms with Gasteiger partial charge in [0, 0.05) is 32.2 Å². The number of halogens is 1. The first kappa shape index (κ1) is 16.7. The van der Waals surface area contributed by atoms with Gasteiger partial charge in [-0.15, -0.1) is 0 Å². The van der Waals surface area contributed by atoms with Crippen LogP contribution in [0.2, 0.25) is 5.02 Å². The van der Waals surface area contributed by atoms with Crippen molar-refractivity contribution in [1.29, 1.82) is 0 Å². The molecule has 0 unspecified atom stereocenters. The number of piperidine rings is 2. The third-order valence-electron chi connectivity index (χ3n) is 6.33. The van der Waals surface area contributed by atoms with E-state index in [1.807, 2.05) is 24.3 Å². The number of hydrogen-bond acceptors (Lipinski definition) is 4. The van der Waals surface area contributed by atoms with E-state index in [-0.39, 0.29) is 12.5 Å². The zero-order valence-electron chi connectivity index (χ0n) is 13.8. The molecule has 1 aromatic rings. The monoisotopic (exact) mass is 364 g/mol. The lowest BCUT2D eigenvalue weighted by molar-refractivity contribution is -0.151. The number of aliphatic carboxylic acids is 2. The van der Waals surface area contributed by atoms with Crippen LogP contribution in [0.5, 0.6) is 0 Å². The van der Waals surface area contributed by atoms with Crippen LogP contribution in [0.1, 0.15) is 19.3 Å². The van der Waals surface area contributed by atoms with Gasteiger partial charge in [0.1, 0.15) is 0 Å². The standard InChI is InChI=1S/C18H21ClN2O4/c19-13-3-1-2-4-14(13)20-7-5-12(6-8-20)21-10-17(15(22)23)9-18(17,11-21)16(24)25/h1-4,12H,5-11H2,(H,22,23)(H,24,25)/t17-,18+. The molecule has 0 amide bonds. The fourth-order valence-electron chi connectivity index (χ4n) is 4.77. The van der Waals surface area contributed by atoms with E-state index in [9.17, 15) is 19.8 Å². The molecule has 25 heavy (non-hydrogen) atoms. The van der Waals surface area contributed by atoms with Crippen molar-refractivity contribution in [3.8, 4) is 0 Å². The van der Waals surface area contributed by atoms with Crippen LogP contribution >= 0.6 is 11.6 Å². The van der Waals surface area contributed by atoms with Gasteiger partial charge in [-0.1, -0.05) is 23.7 Å². The van der Waals surface area contributed by atoms with Gasteiger partial charge in [0.05, 0.1) is 21.5 Å². The molecule has 7 heteroatoms. The molecule has 1 saturated carbocycles. The van der Waals surface area contributed by atoms with Crippen LogP contribution < -0.4 is 4.90 Å². The Bertz CT molecular complexity index is 706. The summed E-state index contributed by atoms with van der Waals surface area (Å²) < 4.78 is 0. The van der Waals surface area contributed by atoms with E-state index in [2.05, 4.69) is 9.80 Å². The molecule has 3 fully saturated rings. The molecule has 0 aromatic heterocycles. The zero-order valence-corrected chi connectivity index (χ0v) is 14.6. The summed E-state index contributed by atoms with van der Waals surface area (Å²) in [7, 11) is 0. The minimum absolute atomic E-state index is 0.235. The summed E-state index contributed by atoms with van der Waals surface area (Å²) in [5.41, 5.74) is -1.15. The highest BCUT2D eigenvalue weighted by Gasteiger charge is 2.81. The van der Waals surface area contributed by atoms with E-state index < -0.39 is 22.8 Å². The van der Waals surface area contributed by atoms with E-state index >= 15 is 0 Å². The number of carboxylic acid groups (broad SMARTS) is 2. The van der Waals surface area contributed by atoms with Crippen molar-refractivity contribution in [1.82, 2.24) is 4.90 Å². The van der Waals surface area contributed by atoms with Gasteiger partial charge in [0.25, 0.3) is 0 Å². The van der Waals surface area contributed by atoms with E-state index in [0.717, 1.165) is 36.6 Å². The number of benzene rings is 1. The molecule has 2 atom stereocenters. The van der Waals surface area contributed by atoms with Crippen LogP contribution in [-0.2, 0) is 9.59 Å². The third-order valence-corrected chi connectivity index (χ3v) is 6.65. The number of hydrogen-bond donors (Lipinski definition) is 2. The maximum Gasteiger partial charge on any atom is 0.312 e. The fraction of sp³-hybridized carbons (Fsp3) is 0.556. The average molecular weight is 365 g/mol. The van der Waals surface area contributed by atoms with Gasteiger partial charge in [0.15, 0.2) is 0 Å². The van der Waals surface area contributed by atoms with Gasteiger partial charge in [-0.2, -0.15) is 0 Å². The summed E-state index contributed by atoms with van der Waals surface area (Å²) >= 11 is 6.27. The summed E-state index contributed by atoms with van der Waals surface area (Å²) in [5.74, 6) is -1.93. The SMILES string of the molecule is O=C(O)[C@@]12CN(C3CCN(c4ccccc4Cl)CC3)C[C@]1(C(=O)O)C2. The largest absolute Gasteiger partial charge is 0.481 e. The van der Waals surface area contributed by atoms with Crippen LogP contribution in [0.25, 0.3) is 0 Å². The molecule has 1 aromatic carbocycles. The molecular weight excluding hydrogens is 344 g/mol. The maximum absolute atomic E-state index is 11.7. The fourth-order valence-corrected chi connectivity index (χ4v) is 5.02. The molecule has 2 N–H and O–H groups in total. The summed E-state index contributed by atoms with van der Waals surface area (Å²) in [6, 6.07) is 8.00. The Hall–Kier alpha value is -1.79. The normalized spacial score (nSPS) is 32.4. The number of anilines is 1. The quantitative estimate of drug-likeness (QED) is 0.852. The average Bonchev–Trinajstić information content (AvgIpc) is 3.14. The van der Waals surface area contributed by atoms with Crippen molar-refractivity contribution >= 4 is 29.2 Å². The lowest BCUT2D eigenvalue weighted by Gasteiger charge is -2.39. The van der Waals surface area contributed by atoms with Crippen molar-refractivity contribution < 1.29 is 19.8 Å². The van der Waals surface area contributed by atoms with Crippen LogP contribution in [0.15, 0.2) is 24.3 Å². The number of carboxylic acids is 2. The Morgan fingerprint density at radius 1 is 1.04 bits per heavy atom. The molecule has 3 aliphatic rings.